The molecule has 1 saturated carbocycles. The molecule has 3 atom stereocenters. The fraction of sp³-hybridized carbons (Fsp3) is 0.800. The highest BCUT2D eigenvalue weighted by atomic mass is 19.4. The van der Waals surface area contributed by atoms with Crippen LogP contribution in [0.1, 0.15) is 50.8 Å². The van der Waals surface area contributed by atoms with Crippen molar-refractivity contribution in [1.82, 2.24) is 15.1 Å². The number of alkyl halides is 3. The van der Waals surface area contributed by atoms with E-state index in [0.717, 1.165) is 25.1 Å². The van der Waals surface area contributed by atoms with Crippen molar-refractivity contribution in [2.24, 2.45) is 18.9 Å². The van der Waals surface area contributed by atoms with Gasteiger partial charge in [0.05, 0.1) is 17.7 Å². The van der Waals surface area contributed by atoms with E-state index in [1.165, 1.54) is 0 Å². The first-order chi connectivity index (χ1) is 9.91. The van der Waals surface area contributed by atoms with E-state index >= 15 is 0 Å². The van der Waals surface area contributed by atoms with Crippen LogP contribution in [0.5, 0.6) is 0 Å². The summed E-state index contributed by atoms with van der Waals surface area (Å²) in [5, 5.41) is 7.80. The molecule has 1 aliphatic carbocycles. The lowest BCUT2D eigenvalue weighted by molar-refractivity contribution is -0.186. The first kappa shape index (κ1) is 16.3. The van der Waals surface area contributed by atoms with Crippen LogP contribution in [0.4, 0.5) is 13.2 Å². The summed E-state index contributed by atoms with van der Waals surface area (Å²) in [5.74, 6) is -1.15. The van der Waals surface area contributed by atoms with Crippen LogP contribution in [-0.2, 0) is 7.05 Å². The van der Waals surface area contributed by atoms with Crippen LogP contribution < -0.4 is 5.32 Å². The van der Waals surface area contributed by atoms with Crippen molar-refractivity contribution in [3.05, 3.63) is 18.0 Å². The maximum absolute atomic E-state index is 13.0. The zero-order valence-corrected chi connectivity index (χ0v) is 12.7. The van der Waals surface area contributed by atoms with Gasteiger partial charge in [0.1, 0.15) is 0 Å². The molecule has 0 bridgehead atoms. The smallest absolute Gasteiger partial charge is 0.308 e. The average molecular weight is 303 g/mol. The van der Waals surface area contributed by atoms with Crippen molar-refractivity contribution in [3.63, 3.8) is 0 Å². The van der Waals surface area contributed by atoms with Gasteiger partial charge in [-0.2, -0.15) is 18.3 Å². The Morgan fingerprint density at radius 1 is 1.43 bits per heavy atom. The van der Waals surface area contributed by atoms with E-state index < -0.39 is 12.1 Å². The van der Waals surface area contributed by atoms with Gasteiger partial charge in [-0.25, -0.2) is 0 Å². The first-order valence-electron chi connectivity index (χ1n) is 7.71. The molecule has 1 aliphatic rings. The minimum atomic E-state index is -4.07. The molecule has 0 aromatic carbocycles. The zero-order valence-electron chi connectivity index (χ0n) is 12.7. The summed E-state index contributed by atoms with van der Waals surface area (Å²) in [6, 6.07) is 1.83. The molecule has 0 amide bonds. The number of halogens is 3. The van der Waals surface area contributed by atoms with E-state index in [2.05, 4.69) is 17.3 Å². The second-order valence-electron chi connectivity index (χ2n) is 6.01. The third-order valence-corrected chi connectivity index (χ3v) is 4.32. The highest BCUT2D eigenvalue weighted by Gasteiger charge is 2.43. The lowest BCUT2D eigenvalue weighted by atomic mass is 9.76. The number of aryl methyl sites for hydroxylation is 1. The molecule has 0 aliphatic heterocycles. The maximum atomic E-state index is 13.0. The summed E-state index contributed by atoms with van der Waals surface area (Å²) in [7, 11) is 1.83. The fourth-order valence-corrected chi connectivity index (χ4v) is 3.24. The molecule has 6 heteroatoms. The molecule has 0 saturated heterocycles. The lowest BCUT2D eigenvalue weighted by Gasteiger charge is -2.35. The van der Waals surface area contributed by atoms with Gasteiger partial charge in [-0.15, -0.1) is 0 Å². The van der Waals surface area contributed by atoms with Gasteiger partial charge in [-0.05, 0) is 44.2 Å². The van der Waals surface area contributed by atoms with Crippen molar-refractivity contribution in [2.45, 2.75) is 51.2 Å². The van der Waals surface area contributed by atoms with Crippen LogP contribution in [-0.4, -0.2) is 22.5 Å². The van der Waals surface area contributed by atoms with E-state index in [-0.39, 0.29) is 24.8 Å². The van der Waals surface area contributed by atoms with Gasteiger partial charge in [0, 0.05) is 13.2 Å². The molecule has 3 nitrogen and oxygen atoms in total. The predicted molar refractivity (Wildman–Crippen MR) is 75.7 cm³/mol. The molecule has 2 rings (SSSR count). The zero-order chi connectivity index (χ0) is 15.5. The number of rotatable bonds is 5. The molecule has 120 valence electrons. The van der Waals surface area contributed by atoms with E-state index in [4.69, 9.17) is 0 Å². The normalized spacial score (nSPS) is 25.0. The third kappa shape index (κ3) is 4.22. The van der Waals surface area contributed by atoms with Gasteiger partial charge in [-0.3, -0.25) is 4.68 Å². The lowest BCUT2D eigenvalue weighted by Crippen LogP contribution is -2.36. The van der Waals surface area contributed by atoms with Crippen molar-refractivity contribution < 1.29 is 13.2 Å². The van der Waals surface area contributed by atoms with Crippen LogP contribution in [0, 0.1) is 11.8 Å². The van der Waals surface area contributed by atoms with Crippen LogP contribution in [0.2, 0.25) is 0 Å². The molecule has 0 radical (unpaired) electrons. The molecule has 1 aromatic heterocycles. The first-order valence-corrected chi connectivity index (χ1v) is 7.71. The molecule has 0 spiro atoms. The van der Waals surface area contributed by atoms with Gasteiger partial charge < -0.3 is 5.32 Å². The Labute approximate surface area is 123 Å². The number of hydrogen-bond acceptors (Lipinski definition) is 2. The van der Waals surface area contributed by atoms with Gasteiger partial charge in [-0.1, -0.05) is 13.3 Å². The second kappa shape index (κ2) is 6.81. The second-order valence-corrected chi connectivity index (χ2v) is 6.01. The number of aromatic nitrogens is 2. The Morgan fingerprint density at radius 2 is 2.19 bits per heavy atom. The number of nitrogens with zero attached hydrogens (tertiary/aromatic N) is 2. The molecule has 3 unspecified atom stereocenters. The summed E-state index contributed by atoms with van der Waals surface area (Å²) >= 11 is 0. The summed E-state index contributed by atoms with van der Waals surface area (Å²) in [4.78, 5) is 0. The Balaban J connectivity index is 2.12. The van der Waals surface area contributed by atoms with Gasteiger partial charge in [0.2, 0.25) is 0 Å². The molecule has 21 heavy (non-hydrogen) atoms. The largest absolute Gasteiger partial charge is 0.391 e. The molecule has 1 aromatic rings. The van der Waals surface area contributed by atoms with Gasteiger partial charge >= 0.3 is 6.18 Å². The Hall–Kier alpha value is -1.04. The Bertz CT molecular complexity index is 442. The fourth-order valence-electron chi connectivity index (χ4n) is 3.24. The maximum Gasteiger partial charge on any atom is 0.391 e. The molecule has 1 fully saturated rings. The highest BCUT2D eigenvalue weighted by Crippen LogP contribution is 2.43. The predicted octanol–water partition coefficient (Wildman–Crippen LogP) is 3.83. The molecular formula is C15H24F3N3. The summed E-state index contributed by atoms with van der Waals surface area (Å²) in [6.45, 7) is 2.86. The minimum Gasteiger partial charge on any atom is -0.308 e. The Kier molecular flexibility index (Phi) is 5.30. The molecular weight excluding hydrogens is 279 g/mol. The van der Waals surface area contributed by atoms with Crippen molar-refractivity contribution in [1.29, 1.82) is 0 Å². The summed E-state index contributed by atoms with van der Waals surface area (Å²) < 4.78 is 40.7. The Morgan fingerprint density at radius 3 is 2.76 bits per heavy atom. The average Bonchev–Trinajstić information content (AvgIpc) is 2.85. The van der Waals surface area contributed by atoms with E-state index in [0.29, 0.717) is 6.42 Å². The van der Waals surface area contributed by atoms with E-state index in [1.807, 2.05) is 19.3 Å². The summed E-state index contributed by atoms with van der Waals surface area (Å²) in [5.41, 5.74) is 0.860. The minimum absolute atomic E-state index is 0.00632. The van der Waals surface area contributed by atoms with Gasteiger partial charge in [0.15, 0.2) is 0 Å². The van der Waals surface area contributed by atoms with E-state index in [1.54, 1.807) is 4.68 Å². The quantitative estimate of drug-likeness (QED) is 0.896. The van der Waals surface area contributed by atoms with Crippen molar-refractivity contribution in [2.75, 3.05) is 6.54 Å². The molecule has 1 heterocycles. The van der Waals surface area contributed by atoms with E-state index in [9.17, 15) is 13.2 Å². The SMILES string of the molecule is CCCNC(c1ccn(C)n1)C1CCCC(C(F)(F)F)C1. The van der Waals surface area contributed by atoms with Crippen LogP contribution in [0.25, 0.3) is 0 Å². The monoisotopic (exact) mass is 303 g/mol. The van der Waals surface area contributed by atoms with Gasteiger partial charge in [0.25, 0.3) is 0 Å². The number of nitrogens with one attached hydrogen (secondary N) is 1. The molecule has 1 N–H and O–H groups in total. The summed E-state index contributed by atoms with van der Waals surface area (Å²) in [6.07, 6.45) is 0.692. The van der Waals surface area contributed by atoms with Crippen LogP contribution >= 0.6 is 0 Å². The van der Waals surface area contributed by atoms with Crippen molar-refractivity contribution in [3.8, 4) is 0 Å². The van der Waals surface area contributed by atoms with Crippen LogP contribution in [0.15, 0.2) is 12.3 Å². The van der Waals surface area contributed by atoms with Crippen molar-refractivity contribution >= 4 is 0 Å². The number of hydrogen-bond donors (Lipinski definition) is 1. The third-order valence-electron chi connectivity index (χ3n) is 4.32. The van der Waals surface area contributed by atoms with Crippen LogP contribution in [0.3, 0.4) is 0 Å². The highest BCUT2D eigenvalue weighted by molar-refractivity contribution is 5.08. The topological polar surface area (TPSA) is 29.9 Å². The standard InChI is InChI=1S/C15H24F3N3/c1-3-8-19-14(13-7-9-21(2)20-13)11-5-4-6-12(10-11)15(16,17)18/h7,9,11-12,14,19H,3-6,8,10H2,1-2H3.